The minimum atomic E-state index is 1.03. The Morgan fingerprint density at radius 1 is 1.00 bits per heavy atom. The lowest BCUT2D eigenvalue weighted by Gasteiger charge is -2.06. The molecule has 0 saturated carbocycles. The van der Waals surface area contributed by atoms with Gasteiger partial charge in [-0.05, 0) is 67.6 Å². The molecule has 0 aliphatic carbocycles. The van der Waals surface area contributed by atoms with Crippen LogP contribution in [0.15, 0.2) is 42.6 Å². The van der Waals surface area contributed by atoms with E-state index in [-0.39, 0.29) is 0 Å². The fourth-order valence-corrected chi connectivity index (χ4v) is 4.76. The van der Waals surface area contributed by atoms with Crippen LogP contribution in [0.1, 0.15) is 21.6 Å². The summed E-state index contributed by atoms with van der Waals surface area (Å²) in [4.78, 5) is 7.28. The van der Waals surface area contributed by atoms with E-state index in [2.05, 4.69) is 73.1 Å². The molecule has 3 heterocycles. The van der Waals surface area contributed by atoms with Crippen LogP contribution in [0.2, 0.25) is 0 Å². The van der Waals surface area contributed by atoms with Crippen molar-refractivity contribution >= 4 is 22.0 Å². The van der Waals surface area contributed by atoms with Gasteiger partial charge in [-0.15, -0.1) is 11.3 Å². The van der Waals surface area contributed by atoms with Crippen molar-refractivity contribution in [3.8, 4) is 22.5 Å². The standard InChI is InChI=1S/C22H21N3S/c1-13-4-5-18(10-14(13)2)21-15(3)26-22-24-20(12-25(21)22)16-6-7-19-17(11-16)8-9-23-19/h4-7,10-12,23H,8-9H2,1-3H3. The van der Waals surface area contributed by atoms with E-state index in [0.717, 1.165) is 23.6 Å². The third-order valence-corrected chi connectivity index (χ3v) is 6.35. The summed E-state index contributed by atoms with van der Waals surface area (Å²) < 4.78 is 2.25. The third-order valence-electron chi connectivity index (χ3n) is 5.38. The van der Waals surface area contributed by atoms with E-state index >= 15 is 0 Å². The summed E-state index contributed by atoms with van der Waals surface area (Å²) in [5, 5.41) is 3.42. The van der Waals surface area contributed by atoms with Crippen molar-refractivity contribution in [1.29, 1.82) is 0 Å². The van der Waals surface area contributed by atoms with Crippen LogP contribution in [-0.2, 0) is 6.42 Å². The molecule has 26 heavy (non-hydrogen) atoms. The Labute approximate surface area is 157 Å². The van der Waals surface area contributed by atoms with Crippen LogP contribution in [0.25, 0.3) is 27.5 Å². The Balaban J connectivity index is 1.65. The molecule has 0 spiro atoms. The minimum absolute atomic E-state index is 1.03. The number of hydrogen-bond donors (Lipinski definition) is 1. The van der Waals surface area contributed by atoms with Crippen LogP contribution in [0.4, 0.5) is 5.69 Å². The molecule has 2 aromatic heterocycles. The Hall–Kier alpha value is -2.59. The monoisotopic (exact) mass is 359 g/mol. The fourth-order valence-electron chi connectivity index (χ4n) is 3.78. The van der Waals surface area contributed by atoms with E-state index in [1.165, 1.54) is 44.1 Å². The summed E-state index contributed by atoms with van der Waals surface area (Å²) in [5.41, 5.74) is 10.1. The van der Waals surface area contributed by atoms with Crippen molar-refractivity contribution in [1.82, 2.24) is 9.38 Å². The quantitative estimate of drug-likeness (QED) is 0.503. The van der Waals surface area contributed by atoms with Crippen molar-refractivity contribution in [3.05, 3.63) is 64.2 Å². The first kappa shape index (κ1) is 15.6. The fraction of sp³-hybridized carbons (Fsp3) is 0.227. The molecule has 4 aromatic rings. The van der Waals surface area contributed by atoms with Gasteiger partial charge in [0.2, 0.25) is 0 Å². The average Bonchev–Trinajstić information content (AvgIpc) is 3.30. The van der Waals surface area contributed by atoms with Crippen molar-refractivity contribution in [2.75, 3.05) is 11.9 Å². The molecule has 0 fully saturated rings. The second-order valence-corrected chi connectivity index (χ2v) is 8.31. The molecule has 4 heteroatoms. The predicted octanol–water partition coefficient (Wildman–Crippen LogP) is 5.62. The lowest BCUT2D eigenvalue weighted by atomic mass is 10.0. The second-order valence-electron chi connectivity index (χ2n) is 7.13. The van der Waals surface area contributed by atoms with Gasteiger partial charge in [0.15, 0.2) is 4.96 Å². The zero-order valence-electron chi connectivity index (χ0n) is 15.3. The number of benzene rings is 2. The maximum absolute atomic E-state index is 4.92. The van der Waals surface area contributed by atoms with E-state index in [4.69, 9.17) is 4.98 Å². The molecule has 1 aliphatic rings. The highest BCUT2D eigenvalue weighted by atomic mass is 32.1. The molecule has 0 bridgehead atoms. The van der Waals surface area contributed by atoms with Crippen LogP contribution >= 0.6 is 11.3 Å². The smallest absolute Gasteiger partial charge is 0.194 e. The summed E-state index contributed by atoms with van der Waals surface area (Å²) >= 11 is 1.76. The summed E-state index contributed by atoms with van der Waals surface area (Å²) in [6.45, 7) is 7.56. The number of anilines is 1. The molecule has 0 radical (unpaired) electrons. The number of nitrogens with zero attached hydrogens (tertiary/aromatic N) is 2. The SMILES string of the molecule is Cc1ccc(-c2c(C)sc3nc(-c4ccc5c(c4)CCN5)cn23)cc1C. The van der Waals surface area contributed by atoms with E-state index in [9.17, 15) is 0 Å². The number of fused-ring (bicyclic) bond motifs is 2. The van der Waals surface area contributed by atoms with Crippen LogP contribution in [0, 0.1) is 20.8 Å². The summed E-state index contributed by atoms with van der Waals surface area (Å²) in [7, 11) is 0. The van der Waals surface area contributed by atoms with Gasteiger partial charge in [-0.3, -0.25) is 4.40 Å². The van der Waals surface area contributed by atoms with Crippen LogP contribution in [0.5, 0.6) is 0 Å². The maximum atomic E-state index is 4.92. The number of aryl methyl sites for hydroxylation is 3. The Kier molecular flexibility index (Phi) is 3.44. The van der Waals surface area contributed by atoms with Gasteiger partial charge < -0.3 is 5.32 Å². The highest BCUT2D eigenvalue weighted by Crippen LogP contribution is 2.35. The third kappa shape index (κ3) is 2.36. The molecular formula is C22H21N3S. The van der Waals surface area contributed by atoms with E-state index < -0.39 is 0 Å². The number of nitrogens with one attached hydrogen (secondary N) is 1. The second kappa shape index (κ2) is 5.71. The van der Waals surface area contributed by atoms with Crippen LogP contribution in [0.3, 0.4) is 0 Å². The molecule has 1 N–H and O–H groups in total. The molecule has 130 valence electrons. The Morgan fingerprint density at radius 3 is 2.69 bits per heavy atom. The normalized spacial score (nSPS) is 13.2. The van der Waals surface area contributed by atoms with Crippen molar-refractivity contribution in [2.45, 2.75) is 27.2 Å². The van der Waals surface area contributed by atoms with E-state index in [1.54, 1.807) is 11.3 Å². The number of aromatic nitrogens is 2. The lowest BCUT2D eigenvalue weighted by Crippen LogP contribution is -1.90. The zero-order chi connectivity index (χ0) is 17.8. The van der Waals surface area contributed by atoms with Gasteiger partial charge in [-0.25, -0.2) is 4.98 Å². The van der Waals surface area contributed by atoms with Crippen LogP contribution < -0.4 is 5.32 Å². The maximum Gasteiger partial charge on any atom is 0.194 e. The molecule has 0 unspecified atom stereocenters. The number of thiazole rings is 1. The number of hydrogen-bond acceptors (Lipinski definition) is 3. The van der Waals surface area contributed by atoms with Gasteiger partial charge in [0.25, 0.3) is 0 Å². The van der Waals surface area contributed by atoms with Gasteiger partial charge in [-0.2, -0.15) is 0 Å². The average molecular weight is 359 g/mol. The molecule has 0 saturated heterocycles. The molecule has 2 aromatic carbocycles. The lowest BCUT2D eigenvalue weighted by molar-refractivity contribution is 1.11. The first-order valence-electron chi connectivity index (χ1n) is 9.03. The van der Waals surface area contributed by atoms with Gasteiger partial charge in [0, 0.05) is 28.9 Å². The molecule has 5 rings (SSSR count). The van der Waals surface area contributed by atoms with Gasteiger partial charge in [0.1, 0.15) is 0 Å². The van der Waals surface area contributed by atoms with E-state index in [0.29, 0.717) is 0 Å². The molecule has 0 atom stereocenters. The topological polar surface area (TPSA) is 29.3 Å². The molecule has 0 amide bonds. The first-order valence-corrected chi connectivity index (χ1v) is 9.85. The summed E-state index contributed by atoms with van der Waals surface area (Å²) in [5.74, 6) is 0. The first-order chi connectivity index (χ1) is 12.6. The van der Waals surface area contributed by atoms with Crippen LogP contribution in [-0.4, -0.2) is 15.9 Å². The minimum Gasteiger partial charge on any atom is -0.384 e. The number of rotatable bonds is 2. The zero-order valence-corrected chi connectivity index (χ0v) is 16.1. The number of imidazole rings is 1. The molecular weight excluding hydrogens is 338 g/mol. The van der Waals surface area contributed by atoms with Crippen molar-refractivity contribution in [3.63, 3.8) is 0 Å². The van der Waals surface area contributed by atoms with Gasteiger partial charge in [0.05, 0.1) is 11.4 Å². The van der Waals surface area contributed by atoms with Crippen molar-refractivity contribution in [2.24, 2.45) is 0 Å². The summed E-state index contributed by atoms with van der Waals surface area (Å²) in [6.07, 6.45) is 3.28. The predicted molar refractivity (Wildman–Crippen MR) is 110 cm³/mol. The molecule has 3 nitrogen and oxygen atoms in total. The Bertz CT molecular complexity index is 1150. The largest absolute Gasteiger partial charge is 0.384 e. The van der Waals surface area contributed by atoms with E-state index in [1.807, 2.05) is 0 Å². The van der Waals surface area contributed by atoms with Crippen molar-refractivity contribution < 1.29 is 0 Å². The summed E-state index contributed by atoms with van der Waals surface area (Å²) in [6, 6.07) is 13.3. The molecule has 1 aliphatic heterocycles. The highest BCUT2D eigenvalue weighted by molar-refractivity contribution is 7.17. The highest BCUT2D eigenvalue weighted by Gasteiger charge is 2.17. The Morgan fingerprint density at radius 2 is 1.85 bits per heavy atom. The van der Waals surface area contributed by atoms with Gasteiger partial charge in [-0.1, -0.05) is 18.2 Å². The van der Waals surface area contributed by atoms with Gasteiger partial charge >= 0.3 is 0 Å².